The van der Waals surface area contributed by atoms with Crippen molar-refractivity contribution in [2.24, 2.45) is 5.92 Å². The number of benzene rings is 1. The predicted molar refractivity (Wildman–Crippen MR) is 70.0 cm³/mol. The fourth-order valence-corrected chi connectivity index (χ4v) is 2.42. The van der Waals surface area contributed by atoms with E-state index in [0.717, 1.165) is 12.5 Å². The van der Waals surface area contributed by atoms with Crippen molar-refractivity contribution in [3.05, 3.63) is 29.8 Å². The van der Waals surface area contributed by atoms with Crippen molar-refractivity contribution >= 4 is 5.69 Å². The molecule has 1 heterocycles. The van der Waals surface area contributed by atoms with Gasteiger partial charge in [-0.25, -0.2) is 0 Å². The van der Waals surface area contributed by atoms with Crippen molar-refractivity contribution in [1.29, 1.82) is 0 Å². The van der Waals surface area contributed by atoms with Gasteiger partial charge in [-0.1, -0.05) is 17.7 Å². The van der Waals surface area contributed by atoms with Crippen LogP contribution < -0.4 is 10.2 Å². The van der Waals surface area contributed by atoms with Crippen LogP contribution in [-0.4, -0.2) is 26.2 Å². The van der Waals surface area contributed by atoms with Crippen LogP contribution in [0.3, 0.4) is 0 Å². The van der Waals surface area contributed by atoms with Crippen molar-refractivity contribution in [3.63, 3.8) is 0 Å². The van der Waals surface area contributed by atoms with Crippen LogP contribution in [0, 0.1) is 12.8 Å². The maximum atomic E-state index is 3.51. The summed E-state index contributed by atoms with van der Waals surface area (Å²) < 4.78 is 0. The standard InChI is InChI=1S/C14H22N2/c1-11-4-6-14(7-5-11)16(3)10-13-8-9-15-12(13)2/h4-7,12-13,15H,8-10H2,1-3H3. The van der Waals surface area contributed by atoms with Gasteiger partial charge in [0.05, 0.1) is 0 Å². The van der Waals surface area contributed by atoms with Crippen LogP contribution >= 0.6 is 0 Å². The molecule has 2 atom stereocenters. The van der Waals surface area contributed by atoms with Crippen LogP contribution in [0.4, 0.5) is 5.69 Å². The van der Waals surface area contributed by atoms with Crippen molar-refractivity contribution in [3.8, 4) is 0 Å². The Morgan fingerprint density at radius 3 is 2.56 bits per heavy atom. The van der Waals surface area contributed by atoms with Gasteiger partial charge < -0.3 is 10.2 Å². The first-order valence-corrected chi connectivity index (χ1v) is 6.18. The second kappa shape index (κ2) is 4.88. The Kier molecular flexibility index (Phi) is 3.49. The molecule has 1 N–H and O–H groups in total. The number of rotatable bonds is 3. The zero-order chi connectivity index (χ0) is 11.5. The summed E-state index contributed by atoms with van der Waals surface area (Å²) in [5.74, 6) is 0.784. The molecule has 1 aromatic rings. The van der Waals surface area contributed by atoms with Gasteiger partial charge in [0.15, 0.2) is 0 Å². The SMILES string of the molecule is Cc1ccc(N(C)CC2CCNC2C)cc1. The van der Waals surface area contributed by atoms with Crippen molar-refractivity contribution < 1.29 is 0 Å². The molecule has 1 aliphatic rings. The van der Waals surface area contributed by atoms with Crippen LogP contribution in [0.1, 0.15) is 18.9 Å². The van der Waals surface area contributed by atoms with E-state index in [9.17, 15) is 0 Å². The third-order valence-corrected chi connectivity index (χ3v) is 3.67. The van der Waals surface area contributed by atoms with Gasteiger partial charge in [-0.05, 0) is 44.9 Å². The van der Waals surface area contributed by atoms with E-state index < -0.39 is 0 Å². The number of nitrogens with zero attached hydrogens (tertiary/aromatic N) is 1. The lowest BCUT2D eigenvalue weighted by atomic mass is 10.0. The van der Waals surface area contributed by atoms with Crippen LogP contribution in [0.25, 0.3) is 0 Å². The molecule has 2 nitrogen and oxygen atoms in total. The first-order valence-electron chi connectivity index (χ1n) is 6.18. The van der Waals surface area contributed by atoms with E-state index in [0.29, 0.717) is 6.04 Å². The minimum atomic E-state index is 0.660. The maximum Gasteiger partial charge on any atom is 0.0363 e. The smallest absolute Gasteiger partial charge is 0.0363 e. The summed E-state index contributed by atoms with van der Waals surface area (Å²) in [4.78, 5) is 2.37. The fraction of sp³-hybridized carbons (Fsp3) is 0.571. The molecule has 1 fully saturated rings. The highest BCUT2D eigenvalue weighted by Gasteiger charge is 2.23. The van der Waals surface area contributed by atoms with E-state index in [4.69, 9.17) is 0 Å². The van der Waals surface area contributed by atoms with Crippen molar-refractivity contribution in [2.75, 3.05) is 25.0 Å². The molecular formula is C14H22N2. The third-order valence-electron chi connectivity index (χ3n) is 3.67. The molecule has 16 heavy (non-hydrogen) atoms. The second-order valence-corrected chi connectivity index (χ2v) is 5.01. The molecule has 1 aliphatic heterocycles. The molecule has 1 aromatic carbocycles. The van der Waals surface area contributed by atoms with E-state index in [1.165, 1.54) is 24.2 Å². The quantitative estimate of drug-likeness (QED) is 0.838. The molecule has 2 rings (SSSR count). The van der Waals surface area contributed by atoms with E-state index in [1.54, 1.807) is 0 Å². The van der Waals surface area contributed by atoms with E-state index in [2.05, 4.69) is 55.4 Å². The summed E-state index contributed by atoms with van der Waals surface area (Å²) in [6.45, 7) is 6.75. The minimum Gasteiger partial charge on any atom is -0.374 e. The lowest BCUT2D eigenvalue weighted by Crippen LogP contribution is -2.32. The average Bonchev–Trinajstić information content (AvgIpc) is 2.65. The number of hydrogen-bond acceptors (Lipinski definition) is 2. The Morgan fingerprint density at radius 2 is 2.00 bits per heavy atom. The maximum absolute atomic E-state index is 3.51. The van der Waals surface area contributed by atoms with Gasteiger partial charge in [-0.15, -0.1) is 0 Å². The molecule has 0 radical (unpaired) electrons. The van der Waals surface area contributed by atoms with Gasteiger partial charge in [-0.3, -0.25) is 0 Å². The summed E-state index contributed by atoms with van der Waals surface area (Å²) >= 11 is 0. The molecule has 0 aromatic heterocycles. The second-order valence-electron chi connectivity index (χ2n) is 5.01. The fourth-order valence-electron chi connectivity index (χ4n) is 2.42. The molecule has 0 aliphatic carbocycles. The molecule has 2 heteroatoms. The first kappa shape index (κ1) is 11.5. The van der Waals surface area contributed by atoms with Gasteiger partial charge in [0, 0.05) is 25.3 Å². The Labute approximate surface area is 98.7 Å². The number of anilines is 1. The van der Waals surface area contributed by atoms with E-state index in [1.807, 2.05) is 0 Å². The number of aryl methyl sites for hydroxylation is 1. The van der Waals surface area contributed by atoms with Crippen LogP contribution in [0.5, 0.6) is 0 Å². The Balaban J connectivity index is 1.97. The van der Waals surface area contributed by atoms with Gasteiger partial charge in [-0.2, -0.15) is 0 Å². The molecule has 88 valence electrons. The van der Waals surface area contributed by atoms with E-state index in [-0.39, 0.29) is 0 Å². The number of nitrogens with one attached hydrogen (secondary N) is 1. The van der Waals surface area contributed by atoms with Crippen molar-refractivity contribution in [2.45, 2.75) is 26.3 Å². The van der Waals surface area contributed by atoms with Crippen LogP contribution in [0.15, 0.2) is 24.3 Å². The Hall–Kier alpha value is -1.02. The highest BCUT2D eigenvalue weighted by molar-refractivity contribution is 5.46. The Morgan fingerprint density at radius 1 is 1.31 bits per heavy atom. The molecule has 1 saturated heterocycles. The van der Waals surface area contributed by atoms with Crippen LogP contribution in [-0.2, 0) is 0 Å². The predicted octanol–water partition coefficient (Wildman–Crippen LogP) is 2.43. The van der Waals surface area contributed by atoms with Gasteiger partial charge >= 0.3 is 0 Å². The van der Waals surface area contributed by atoms with Gasteiger partial charge in [0.2, 0.25) is 0 Å². The third kappa shape index (κ3) is 2.56. The lowest BCUT2D eigenvalue weighted by molar-refractivity contribution is 0.478. The zero-order valence-corrected chi connectivity index (χ0v) is 10.5. The number of hydrogen-bond donors (Lipinski definition) is 1. The molecule has 2 unspecified atom stereocenters. The minimum absolute atomic E-state index is 0.660. The van der Waals surface area contributed by atoms with E-state index >= 15 is 0 Å². The lowest BCUT2D eigenvalue weighted by Gasteiger charge is -2.25. The largest absolute Gasteiger partial charge is 0.374 e. The van der Waals surface area contributed by atoms with Crippen molar-refractivity contribution in [1.82, 2.24) is 5.32 Å². The van der Waals surface area contributed by atoms with Gasteiger partial charge in [0.1, 0.15) is 0 Å². The van der Waals surface area contributed by atoms with Gasteiger partial charge in [0.25, 0.3) is 0 Å². The molecule has 0 spiro atoms. The summed E-state index contributed by atoms with van der Waals surface area (Å²) in [5.41, 5.74) is 2.65. The molecule has 0 amide bonds. The summed E-state index contributed by atoms with van der Waals surface area (Å²) in [7, 11) is 2.19. The average molecular weight is 218 g/mol. The highest BCUT2D eigenvalue weighted by Crippen LogP contribution is 2.20. The summed E-state index contributed by atoms with van der Waals surface area (Å²) in [5, 5.41) is 3.51. The molecule has 0 bridgehead atoms. The first-order chi connectivity index (χ1) is 7.66. The Bertz CT molecular complexity index is 331. The topological polar surface area (TPSA) is 15.3 Å². The van der Waals surface area contributed by atoms with Crippen LogP contribution in [0.2, 0.25) is 0 Å². The zero-order valence-electron chi connectivity index (χ0n) is 10.5. The molecule has 0 saturated carbocycles. The normalized spacial score (nSPS) is 24.7. The summed E-state index contributed by atoms with van der Waals surface area (Å²) in [6, 6.07) is 9.45. The molecular weight excluding hydrogens is 196 g/mol. The monoisotopic (exact) mass is 218 g/mol. The summed E-state index contributed by atoms with van der Waals surface area (Å²) in [6.07, 6.45) is 1.30. The highest BCUT2D eigenvalue weighted by atomic mass is 15.1.